The second-order valence-electron chi connectivity index (χ2n) is 4.79. The van der Waals surface area contributed by atoms with Gasteiger partial charge in [0.05, 0.1) is 10.5 Å². The lowest BCUT2D eigenvalue weighted by atomic mass is 9.95. The van der Waals surface area contributed by atoms with E-state index in [4.69, 9.17) is 11.6 Å². The Morgan fingerprint density at radius 3 is 2.59 bits per heavy atom. The predicted octanol–water partition coefficient (Wildman–Crippen LogP) is 2.63. The molecule has 0 aliphatic carbocycles. The van der Waals surface area contributed by atoms with E-state index in [-0.39, 0.29) is 11.3 Å². The van der Waals surface area contributed by atoms with Crippen LogP contribution in [0.3, 0.4) is 0 Å². The van der Waals surface area contributed by atoms with Crippen LogP contribution in [0.15, 0.2) is 28.5 Å². The van der Waals surface area contributed by atoms with Crippen LogP contribution in [0.4, 0.5) is 0 Å². The summed E-state index contributed by atoms with van der Waals surface area (Å²) in [7, 11) is -3.41. The molecule has 1 aliphatic heterocycles. The third-order valence-electron chi connectivity index (χ3n) is 2.52. The van der Waals surface area contributed by atoms with E-state index in [1.165, 1.54) is 11.5 Å². The monoisotopic (exact) mass is 272 g/mol. The molecule has 0 fully saturated rings. The van der Waals surface area contributed by atoms with Crippen molar-refractivity contribution in [2.24, 2.45) is 0 Å². The third-order valence-corrected chi connectivity index (χ3v) is 4.39. The Morgan fingerprint density at radius 2 is 2.00 bits per heavy atom. The molecule has 17 heavy (non-hydrogen) atoms. The summed E-state index contributed by atoms with van der Waals surface area (Å²) in [5.74, 6) is 0. The first kappa shape index (κ1) is 12.6. The first-order valence-corrected chi connectivity index (χ1v) is 7.10. The number of benzene rings is 1. The Morgan fingerprint density at radius 1 is 1.35 bits per heavy atom. The van der Waals surface area contributed by atoms with E-state index in [9.17, 15) is 13.5 Å². The van der Waals surface area contributed by atoms with Crippen molar-refractivity contribution in [1.29, 1.82) is 0 Å². The molecule has 0 saturated heterocycles. The van der Waals surface area contributed by atoms with Gasteiger partial charge in [0.15, 0.2) is 0 Å². The fourth-order valence-electron chi connectivity index (χ4n) is 1.96. The molecule has 1 aromatic rings. The Hall–Kier alpha value is -0.840. The van der Waals surface area contributed by atoms with Gasteiger partial charge in [-0.15, -0.1) is 0 Å². The summed E-state index contributed by atoms with van der Waals surface area (Å²) in [5.41, 5.74) is 0.122. The molecule has 0 bridgehead atoms. The normalized spacial score (nSPS) is 17.8. The molecule has 0 unspecified atom stereocenters. The largest absolute Gasteiger partial charge is 0.390 e. The highest BCUT2D eigenvalue weighted by molar-refractivity contribution is 7.95. The maximum absolute atomic E-state index is 11.9. The number of hydrogen-bond donors (Lipinski definition) is 1. The maximum atomic E-state index is 11.9. The Balaban J connectivity index is 2.60. The van der Waals surface area contributed by atoms with Crippen LogP contribution in [0.25, 0.3) is 5.57 Å². The van der Waals surface area contributed by atoms with Crippen LogP contribution < -0.4 is 0 Å². The zero-order valence-electron chi connectivity index (χ0n) is 9.57. The minimum Gasteiger partial charge on any atom is -0.390 e. The van der Waals surface area contributed by atoms with Gasteiger partial charge in [-0.1, -0.05) is 17.7 Å². The van der Waals surface area contributed by atoms with Crippen molar-refractivity contribution in [2.75, 3.05) is 0 Å². The molecule has 1 aromatic carbocycles. The van der Waals surface area contributed by atoms with Crippen LogP contribution in [0.5, 0.6) is 0 Å². The van der Waals surface area contributed by atoms with Crippen LogP contribution in [0.1, 0.15) is 25.8 Å². The highest BCUT2D eigenvalue weighted by Gasteiger charge is 2.31. The van der Waals surface area contributed by atoms with E-state index >= 15 is 0 Å². The summed E-state index contributed by atoms with van der Waals surface area (Å²) in [5, 5.41) is 11.4. The lowest BCUT2D eigenvalue weighted by Gasteiger charge is -2.18. The number of sulfone groups is 1. The highest BCUT2D eigenvalue weighted by Crippen LogP contribution is 2.41. The van der Waals surface area contributed by atoms with Crippen LogP contribution in [0, 0.1) is 0 Å². The summed E-state index contributed by atoms with van der Waals surface area (Å²) in [6.45, 7) is 3.27. The van der Waals surface area contributed by atoms with Crippen molar-refractivity contribution < 1.29 is 13.5 Å². The molecule has 0 aromatic heterocycles. The summed E-state index contributed by atoms with van der Waals surface area (Å²) in [6, 6.07) is 4.80. The van der Waals surface area contributed by atoms with Crippen LogP contribution >= 0.6 is 11.6 Å². The number of hydrogen-bond acceptors (Lipinski definition) is 3. The van der Waals surface area contributed by atoms with Crippen molar-refractivity contribution in [3.05, 3.63) is 34.2 Å². The molecule has 1 N–H and O–H groups in total. The minimum atomic E-state index is -3.41. The molecule has 1 heterocycles. The van der Waals surface area contributed by atoms with Crippen molar-refractivity contribution in [3.63, 3.8) is 0 Å². The first-order chi connectivity index (χ1) is 7.71. The highest BCUT2D eigenvalue weighted by atomic mass is 35.5. The standard InChI is InChI=1S/C12H13ClO3S/c1-12(2,14)6-8-7-17(15,16)10-5-3-4-9(13)11(8)10/h3-5,7,14H,6H2,1-2H3. The van der Waals surface area contributed by atoms with Gasteiger partial charge in [-0.25, -0.2) is 8.42 Å². The number of aliphatic hydroxyl groups is 1. The van der Waals surface area contributed by atoms with Gasteiger partial charge in [-0.2, -0.15) is 0 Å². The molecule has 0 atom stereocenters. The Kier molecular flexibility index (Phi) is 2.84. The molecule has 3 nitrogen and oxygen atoms in total. The number of rotatable bonds is 2. The van der Waals surface area contributed by atoms with Crippen molar-refractivity contribution in [2.45, 2.75) is 30.8 Å². The lowest BCUT2D eigenvalue weighted by molar-refractivity contribution is 0.0864. The van der Waals surface area contributed by atoms with Gasteiger partial charge in [0.2, 0.25) is 9.84 Å². The van der Waals surface area contributed by atoms with Gasteiger partial charge >= 0.3 is 0 Å². The molecule has 0 amide bonds. The lowest BCUT2D eigenvalue weighted by Crippen LogP contribution is -2.18. The number of halogens is 1. The fraction of sp³-hybridized carbons (Fsp3) is 0.333. The van der Waals surface area contributed by atoms with E-state index in [1.807, 2.05) is 0 Å². The average molecular weight is 273 g/mol. The minimum absolute atomic E-state index is 0.226. The van der Waals surface area contributed by atoms with E-state index in [2.05, 4.69) is 0 Å². The zero-order chi connectivity index (χ0) is 12.8. The molecule has 0 saturated carbocycles. The van der Waals surface area contributed by atoms with Crippen molar-refractivity contribution in [1.82, 2.24) is 0 Å². The molecule has 0 radical (unpaired) electrons. The van der Waals surface area contributed by atoms with E-state index in [0.717, 1.165) is 0 Å². The van der Waals surface area contributed by atoms with Gasteiger partial charge in [-0.3, -0.25) is 0 Å². The molecule has 5 heteroatoms. The Bertz CT molecular complexity index is 595. The van der Waals surface area contributed by atoms with E-state index in [0.29, 0.717) is 16.2 Å². The van der Waals surface area contributed by atoms with Crippen LogP contribution in [-0.2, 0) is 9.84 Å². The third kappa shape index (κ3) is 2.39. The van der Waals surface area contributed by atoms with E-state index in [1.54, 1.807) is 26.0 Å². The average Bonchev–Trinajstić information content (AvgIpc) is 2.36. The predicted molar refractivity (Wildman–Crippen MR) is 67.5 cm³/mol. The Labute approximate surface area is 106 Å². The summed E-state index contributed by atoms with van der Waals surface area (Å²) in [6.07, 6.45) is 0.253. The smallest absolute Gasteiger partial charge is 0.200 e. The zero-order valence-corrected chi connectivity index (χ0v) is 11.1. The van der Waals surface area contributed by atoms with Crippen LogP contribution in [-0.4, -0.2) is 19.1 Å². The SMILES string of the molecule is CC(C)(O)CC1=CS(=O)(=O)c2cccc(Cl)c21. The molecule has 2 rings (SSSR count). The molecule has 0 spiro atoms. The van der Waals surface area contributed by atoms with Crippen LogP contribution in [0.2, 0.25) is 5.02 Å². The molecular weight excluding hydrogens is 260 g/mol. The molecule has 1 aliphatic rings. The fourth-order valence-corrected chi connectivity index (χ4v) is 3.81. The molecular formula is C12H13ClO3S. The number of fused-ring (bicyclic) bond motifs is 1. The van der Waals surface area contributed by atoms with Gasteiger partial charge in [0.1, 0.15) is 0 Å². The second kappa shape index (κ2) is 3.83. The van der Waals surface area contributed by atoms with Crippen molar-refractivity contribution in [3.8, 4) is 0 Å². The second-order valence-corrected chi connectivity index (χ2v) is 6.96. The summed E-state index contributed by atoms with van der Waals surface area (Å²) < 4.78 is 23.8. The summed E-state index contributed by atoms with van der Waals surface area (Å²) in [4.78, 5) is 0.226. The van der Waals surface area contributed by atoms with E-state index < -0.39 is 15.4 Å². The maximum Gasteiger partial charge on any atom is 0.200 e. The molecule has 92 valence electrons. The van der Waals surface area contributed by atoms with Gasteiger partial charge in [-0.05, 0) is 31.6 Å². The quantitative estimate of drug-likeness (QED) is 0.900. The van der Waals surface area contributed by atoms with Gasteiger partial charge in [0, 0.05) is 22.4 Å². The van der Waals surface area contributed by atoms with Gasteiger partial charge in [0.25, 0.3) is 0 Å². The van der Waals surface area contributed by atoms with Crippen molar-refractivity contribution >= 4 is 27.0 Å². The van der Waals surface area contributed by atoms with Gasteiger partial charge < -0.3 is 5.11 Å². The summed E-state index contributed by atoms with van der Waals surface area (Å²) >= 11 is 6.03. The first-order valence-electron chi connectivity index (χ1n) is 5.18. The topological polar surface area (TPSA) is 54.4 Å².